The van der Waals surface area contributed by atoms with E-state index < -0.39 is 0 Å². The molecule has 0 atom stereocenters. The second-order valence-corrected chi connectivity index (χ2v) is 4.27. The van der Waals surface area contributed by atoms with E-state index in [4.69, 9.17) is 0 Å². The normalized spacial score (nSPS) is 10.5. The summed E-state index contributed by atoms with van der Waals surface area (Å²) in [7, 11) is 0. The van der Waals surface area contributed by atoms with E-state index in [1.807, 2.05) is 72.8 Å². The standard InChI is InChI=1S/C17H17NO/c19-17(18-16-12-5-2-6-13-16)14-8-7-11-15-9-3-1-4-10-15/h1-7,9-13H,8,14H2,(H,18,19)/b11-7+. The molecule has 0 bridgehead atoms. The second-order valence-electron chi connectivity index (χ2n) is 4.27. The Labute approximate surface area is 113 Å². The van der Waals surface area contributed by atoms with E-state index in [1.165, 1.54) is 0 Å². The molecule has 2 rings (SSSR count). The lowest BCUT2D eigenvalue weighted by Crippen LogP contribution is -2.10. The predicted molar refractivity (Wildman–Crippen MR) is 79.8 cm³/mol. The van der Waals surface area contributed by atoms with E-state index in [-0.39, 0.29) is 5.91 Å². The van der Waals surface area contributed by atoms with Crippen molar-refractivity contribution in [1.29, 1.82) is 0 Å². The van der Waals surface area contributed by atoms with E-state index in [1.54, 1.807) is 0 Å². The van der Waals surface area contributed by atoms with Gasteiger partial charge in [-0.05, 0) is 24.1 Å². The Bertz CT molecular complexity index is 532. The van der Waals surface area contributed by atoms with Crippen LogP contribution in [-0.2, 0) is 4.79 Å². The van der Waals surface area contributed by atoms with E-state index >= 15 is 0 Å². The molecule has 1 amide bonds. The van der Waals surface area contributed by atoms with Crippen LogP contribution in [0.5, 0.6) is 0 Å². The van der Waals surface area contributed by atoms with Crippen molar-refractivity contribution >= 4 is 17.7 Å². The number of nitrogens with one attached hydrogen (secondary N) is 1. The molecular weight excluding hydrogens is 234 g/mol. The highest BCUT2D eigenvalue weighted by Gasteiger charge is 1.99. The van der Waals surface area contributed by atoms with Crippen LogP contribution in [0, 0.1) is 0 Å². The predicted octanol–water partition coefficient (Wildman–Crippen LogP) is 4.12. The van der Waals surface area contributed by atoms with Gasteiger partial charge in [-0.25, -0.2) is 0 Å². The fraction of sp³-hybridized carbons (Fsp3) is 0.118. The van der Waals surface area contributed by atoms with Gasteiger partial charge >= 0.3 is 0 Å². The molecule has 2 heteroatoms. The van der Waals surface area contributed by atoms with Crippen molar-refractivity contribution < 1.29 is 4.79 Å². The van der Waals surface area contributed by atoms with E-state index in [2.05, 4.69) is 5.32 Å². The smallest absolute Gasteiger partial charge is 0.224 e. The number of benzene rings is 2. The zero-order valence-corrected chi connectivity index (χ0v) is 10.8. The number of amides is 1. The highest BCUT2D eigenvalue weighted by molar-refractivity contribution is 5.90. The minimum atomic E-state index is 0.0453. The van der Waals surface area contributed by atoms with Crippen molar-refractivity contribution in [2.24, 2.45) is 0 Å². The Hall–Kier alpha value is -2.35. The molecule has 0 aliphatic heterocycles. The maximum absolute atomic E-state index is 11.7. The summed E-state index contributed by atoms with van der Waals surface area (Å²) < 4.78 is 0. The Morgan fingerprint density at radius 3 is 2.26 bits per heavy atom. The van der Waals surface area contributed by atoms with Crippen LogP contribution < -0.4 is 5.32 Å². The molecule has 0 aromatic heterocycles. The molecule has 2 aromatic carbocycles. The molecule has 0 heterocycles. The fourth-order valence-corrected chi connectivity index (χ4v) is 1.74. The number of allylic oxidation sites excluding steroid dienone is 1. The molecule has 19 heavy (non-hydrogen) atoms. The number of hydrogen-bond acceptors (Lipinski definition) is 1. The Kier molecular flexibility index (Phi) is 4.94. The zero-order valence-electron chi connectivity index (χ0n) is 10.8. The first-order chi connectivity index (χ1) is 9.34. The van der Waals surface area contributed by atoms with Crippen molar-refractivity contribution in [2.45, 2.75) is 12.8 Å². The molecule has 1 N–H and O–H groups in total. The monoisotopic (exact) mass is 251 g/mol. The van der Waals surface area contributed by atoms with Gasteiger partial charge in [0.2, 0.25) is 5.91 Å². The number of carbonyl (C=O) groups excluding carboxylic acids is 1. The van der Waals surface area contributed by atoms with Crippen molar-refractivity contribution in [3.63, 3.8) is 0 Å². The fourth-order valence-electron chi connectivity index (χ4n) is 1.74. The van der Waals surface area contributed by atoms with Gasteiger partial charge in [-0.3, -0.25) is 4.79 Å². The van der Waals surface area contributed by atoms with Gasteiger partial charge in [0, 0.05) is 12.1 Å². The maximum atomic E-state index is 11.7. The third kappa shape index (κ3) is 4.80. The van der Waals surface area contributed by atoms with Gasteiger partial charge < -0.3 is 5.32 Å². The molecule has 0 aliphatic carbocycles. The van der Waals surface area contributed by atoms with Gasteiger partial charge in [-0.2, -0.15) is 0 Å². The highest BCUT2D eigenvalue weighted by atomic mass is 16.1. The Balaban J connectivity index is 1.74. The number of hydrogen-bond donors (Lipinski definition) is 1. The van der Waals surface area contributed by atoms with Crippen molar-refractivity contribution in [1.82, 2.24) is 0 Å². The molecule has 2 nitrogen and oxygen atoms in total. The quantitative estimate of drug-likeness (QED) is 0.851. The molecule has 0 saturated carbocycles. The van der Waals surface area contributed by atoms with Crippen LogP contribution in [0.15, 0.2) is 66.7 Å². The summed E-state index contributed by atoms with van der Waals surface area (Å²) in [5, 5.41) is 2.87. The van der Waals surface area contributed by atoms with E-state index in [0.717, 1.165) is 17.7 Å². The topological polar surface area (TPSA) is 29.1 Å². The molecule has 96 valence electrons. The number of rotatable bonds is 5. The van der Waals surface area contributed by atoms with Crippen molar-refractivity contribution in [3.05, 3.63) is 72.3 Å². The van der Waals surface area contributed by atoms with Gasteiger partial charge in [0.15, 0.2) is 0 Å². The Morgan fingerprint density at radius 1 is 0.947 bits per heavy atom. The zero-order chi connectivity index (χ0) is 13.3. The van der Waals surface area contributed by atoms with Crippen molar-refractivity contribution in [3.8, 4) is 0 Å². The summed E-state index contributed by atoms with van der Waals surface area (Å²) in [4.78, 5) is 11.7. The largest absolute Gasteiger partial charge is 0.326 e. The number of carbonyl (C=O) groups is 1. The number of anilines is 1. The first kappa shape index (κ1) is 13.1. The van der Waals surface area contributed by atoms with Crippen LogP contribution in [0.2, 0.25) is 0 Å². The van der Waals surface area contributed by atoms with E-state index in [9.17, 15) is 4.79 Å². The van der Waals surface area contributed by atoms with Crippen LogP contribution in [0.3, 0.4) is 0 Å². The average molecular weight is 251 g/mol. The third-order valence-corrected chi connectivity index (χ3v) is 2.71. The van der Waals surface area contributed by atoms with Crippen LogP contribution in [0.4, 0.5) is 5.69 Å². The lowest BCUT2D eigenvalue weighted by atomic mass is 10.2. The highest BCUT2D eigenvalue weighted by Crippen LogP contribution is 2.07. The summed E-state index contributed by atoms with van der Waals surface area (Å²) >= 11 is 0. The summed E-state index contributed by atoms with van der Waals surface area (Å²) in [5.74, 6) is 0.0453. The van der Waals surface area contributed by atoms with Gasteiger partial charge in [0.1, 0.15) is 0 Å². The maximum Gasteiger partial charge on any atom is 0.224 e. The first-order valence-electron chi connectivity index (χ1n) is 6.41. The minimum Gasteiger partial charge on any atom is -0.326 e. The summed E-state index contributed by atoms with van der Waals surface area (Å²) in [6.07, 6.45) is 5.31. The molecule has 2 aromatic rings. The van der Waals surface area contributed by atoms with Gasteiger partial charge in [-0.15, -0.1) is 0 Å². The molecule has 0 aliphatic rings. The van der Waals surface area contributed by atoms with Crippen LogP contribution in [0.25, 0.3) is 6.08 Å². The SMILES string of the molecule is O=C(CC/C=C/c1ccccc1)Nc1ccccc1. The van der Waals surface area contributed by atoms with E-state index in [0.29, 0.717) is 6.42 Å². The molecule has 0 radical (unpaired) electrons. The summed E-state index contributed by atoms with van der Waals surface area (Å²) in [6, 6.07) is 19.6. The average Bonchev–Trinajstić information content (AvgIpc) is 2.46. The number of para-hydroxylation sites is 1. The lowest BCUT2D eigenvalue weighted by molar-refractivity contribution is -0.116. The third-order valence-electron chi connectivity index (χ3n) is 2.71. The van der Waals surface area contributed by atoms with Crippen molar-refractivity contribution in [2.75, 3.05) is 5.32 Å². The summed E-state index contributed by atoms with van der Waals surface area (Å²) in [5.41, 5.74) is 2.01. The second kappa shape index (κ2) is 7.17. The molecule has 0 fully saturated rings. The molecule has 0 unspecified atom stereocenters. The Morgan fingerprint density at radius 2 is 1.58 bits per heavy atom. The van der Waals surface area contributed by atoms with Crippen LogP contribution >= 0.6 is 0 Å². The molecular formula is C17H17NO. The van der Waals surface area contributed by atoms with Crippen LogP contribution in [-0.4, -0.2) is 5.91 Å². The van der Waals surface area contributed by atoms with Gasteiger partial charge in [0.05, 0.1) is 0 Å². The van der Waals surface area contributed by atoms with Gasteiger partial charge in [0.25, 0.3) is 0 Å². The molecule has 0 saturated heterocycles. The summed E-state index contributed by atoms with van der Waals surface area (Å²) in [6.45, 7) is 0. The van der Waals surface area contributed by atoms with Gasteiger partial charge in [-0.1, -0.05) is 60.7 Å². The lowest BCUT2D eigenvalue weighted by Gasteiger charge is -2.02. The van der Waals surface area contributed by atoms with Crippen LogP contribution in [0.1, 0.15) is 18.4 Å². The minimum absolute atomic E-state index is 0.0453. The molecule has 0 spiro atoms. The first-order valence-corrected chi connectivity index (χ1v) is 6.41.